The van der Waals surface area contributed by atoms with E-state index in [1.165, 1.54) is 54.6 Å². The first kappa shape index (κ1) is 18.3. The van der Waals surface area contributed by atoms with E-state index in [-0.39, 0.29) is 10.6 Å². The van der Waals surface area contributed by atoms with Crippen molar-refractivity contribution in [2.45, 2.75) is 37.0 Å². The van der Waals surface area contributed by atoms with Crippen LogP contribution < -0.4 is 0 Å². The second-order valence-electron chi connectivity index (χ2n) is 6.96. The molecule has 8 heteroatoms. The Labute approximate surface area is 148 Å². The average Bonchev–Trinajstić information content (AvgIpc) is 2.63. The number of nitrogens with zero attached hydrogens (tertiary/aromatic N) is 3. The molecule has 138 valence electrons. The van der Waals surface area contributed by atoms with Crippen molar-refractivity contribution in [3.05, 3.63) is 34.4 Å². The second kappa shape index (κ2) is 7.80. The normalized spacial score (nSPS) is 21.3. The molecule has 2 fully saturated rings. The van der Waals surface area contributed by atoms with Gasteiger partial charge in [-0.2, -0.15) is 4.31 Å². The van der Waals surface area contributed by atoms with E-state index in [1.54, 1.807) is 0 Å². The van der Waals surface area contributed by atoms with Crippen molar-refractivity contribution in [1.82, 2.24) is 9.21 Å². The van der Waals surface area contributed by atoms with Crippen molar-refractivity contribution in [1.29, 1.82) is 0 Å². The summed E-state index contributed by atoms with van der Waals surface area (Å²) in [5.41, 5.74) is -0.197. The SMILES string of the molecule is O=[N+]([O-])c1cccc(S(=O)(=O)N2CCN(CC3CCCCC3)CC2)c1. The number of nitro benzene ring substituents is 1. The lowest BCUT2D eigenvalue weighted by atomic mass is 9.89. The number of non-ortho nitro benzene ring substituents is 1. The van der Waals surface area contributed by atoms with Gasteiger partial charge in [0.15, 0.2) is 0 Å². The molecule has 3 rings (SSSR count). The summed E-state index contributed by atoms with van der Waals surface area (Å²) in [6.45, 7) is 3.40. The number of nitro groups is 1. The number of benzene rings is 1. The van der Waals surface area contributed by atoms with Crippen LogP contribution in [0.25, 0.3) is 0 Å². The molecule has 1 aromatic carbocycles. The zero-order valence-electron chi connectivity index (χ0n) is 14.3. The Hall–Kier alpha value is -1.51. The van der Waals surface area contributed by atoms with Crippen LogP contribution in [0, 0.1) is 16.0 Å². The molecule has 25 heavy (non-hydrogen) atoms. The maximum atomic E-state index is 12.7. The molecular formula is C17H25N3O4S. The average molecular weight is 367 g/mol. The molecule has 1 aliphatic heterocycles. The topological polar surface area (TPSA) is 83.8 Å². The van der Waals surface area contributed by atoms with Crippen LogP contribution in [0.4, 0.5) is 5.69 Å². The van der Waals surface area contributed by atoms with Crippen LogP contribution in [0.5, 0.6) is 0 Å². The summed E-state index contributed by atoms with van der Waals surface area (Å²) in [6, 6.07) is 5.30. The maximum Gasteiger partial charge on any atom is 0.270 e. The number of hydrogen-bond acceptors (Lipinski definition) is 5. The lowest BCUT2D eigenvalue weighted by Crippen LogP contribution is -2.49. The smallest absolute Gasteiger partial charge is 0.270 e. The van der Waals surface area contributed by atoms with Crippen LogP contribution in [0.2, 0.25) is 0 Å². The molecule has 0 radical (unpaired) electrons. The molecule has 1 saturated heterocycles. The molecule has 1 heterocycles. The van der Waals surface area contributed by atoms with E-state index in [0.717, 1.165) is 31.6 Å². The summed E-state index contributed by atoms with van der Waals surface area (Å²) in [6.07, 6.45) is 6.53. The monoisotopic (exact) mass is 367 g/mol. The first-order chi connectivity index (χ1) is 12.0. The highest BCUT2D eigenvalue weighted by Crippen LogP contribution is 2.26. The molecule has 2 aliphatic rings. The third-order valence-electron chi connectivity index (χ3n) is 5.24. The van der Waals surface area contributed by atoms with Crippen LogP contribution in [0.3, 0.4) is 0 Å². The third kappa shape index (κ3) is 4.37. The van der Waals surface area contributed by atoms with E-state index in [2.05, 4.69) is 4.90 Å². The van der Waals surface area contributed by atoms with Gasteiger partial charge < -0.3 is 4.90 Å². The molecule has 0 spiro atoms. The third-order valence-corrected chi connectivity index (χ3v) is 7.13. The predicted molar refractivity (Wildman–Crippen MR) is 94.9 cm³/mol. The Morgan fingerprint density at radius 3 is 2.40 bits per heavy atom. The van der Waals surface area contributed by atoms with Crippen LogP contribution in [0.1, 0.15) is 32.1 Å². The lowest BCUT2D eigenvalue weighted by Gasteiger charge is -2.36. The van der Waals surface area contributed by atoms with E-state index in [0.29, 0.717) is 13.1 Å². The lowest BCUT2D eigenvalue weighted by molar-refractivity contribution is -0.385. The highest BCUT2D eigenvalue weighted by Gasteiger charge is 2.30. The van der Waals surface area contributed by atoms with Gasteiger partial charge in [0.05, 0.1) is 9.82 Å². The minimum absolute atomic E-state index is 0.00225. The molecule has 7 nitrogen and oxygen atoms in total. The van der Waals surface area contributed by atoms with Gasteiger partial charge in [-0.15, -0.1) is 0 Å². The zero-order valence-corrected chi connectivity index (χ0v) is 15.2. The second-order valence-corrected chi connectivity index (χ2v) is 8.90. The van der Waals surface area contributed by atoms with E-state index < -0.39 is 14.9 Å². The van der Waals surface area contributed by atoms with Gasteiger partial charge in [0.1, 0.15) is 0 Å². The molecule has 0 atom stereocenters. The summed E-state index contributed by atoms with van der Waals surface area (Å²) in [7, 11) is -3.67. The van der Waals surface area contributed by atoms with Crippen molar-refractivity contribution in [2.75, 3.05) is 32.7 Å². The summed E-state index contributed by atoms with van der Waals surface area (Å²) in [4.78, 5) is 12.7. The van der Waals surface area contributed by atoms with E-state index >= 15 is 0 Å². The highest BCUT2D eigenvalue weighted by atomic mass is 32.2. The van der Waals surface area contributed by atoms with Gasteiger partial charge in [0.25, 0.3) is 5.69 Å². The molecular weight excluding hydrogens is 342 g/mol. The largest absolute Gasteiger partial charge is 0.300 e. The number of hydrogen-bond donors (Lipinski definition) is 0. The fourth-order valence-electron chi connectivity index (χ4n) is 3.79. The van der Waals surface area contributed by atoms with E-state index in [4.69, 9.17) is 0 Å². The van der Waals surface area contributed by atoms with Gasteiger partial charge in [0.2, 0.25) is 10.0 Å². The van der Waals surface area contributed by atoms with Crippen LogP contribution in [0.15, 0.2) is 29.2 Å². The van der Waals surface area contributed by atoms with Crippen molar-refractivity contribution in [3.8, 4) is 0 Å². The minimum Gasteiger partial charge on any atom is -0.300 e. The Kier molecular flexibility index (Phi) is 5.71. The molecule has 0 N–H and O–H groups in total. The molecule has 1 aromatic rings. The Morgan fingerprint density at radius 2 is 1.76 bits per heavy atom. The van der Waals surface area contributed by atoms with Gasteiger partial charge in [0, 0.05) is 44.9 Å². The highest BCUT2D eigenvalue weighted by molar-refractivity contribution is 7.89. The van der Waals surface area contributed by atoms with Crippen LogP contribution in [-0.2, 0) is 10.0 Å². The molecule has 0 aromatic heterocycles. The summed E-state index contributed by atoms with van der Waals surface area (Å²) in [5.74, 6) is 0.744. The molecule has 0 unspecified atom stereocenters. The van der Waals surface area contributed by atoms with Crippen molar-refractivity contribution >= 4 is 15.7 Å². The number of sulfonamides is 1. The van der Waals surface area contributed by atoms with Crippen molar-refractivity contribution < 1.29 is 13.3 Å². The minimum atomic E-state index is -3.67. The van der Waals surface area contributed by atoms with E-state index in [9.17, 15) is 18.5 Å². The quantitative estimate of drug-likeness (QED) is 0.590. The number of piperazine rings is 1. The van der Waals surface area contributed by atoms with E-state index in [1.807, 2.05) is 0 Å². The van der Waals surface area contributed by atoms with Gasteiger partial charge in [-0.3, -0.25) is 10.1 Å². The van der Waals surface area contributed by atoms with Crippen LogP contribution in [-0.4, -0.2) is 55.3 Å². The Balaban J connectivity index is 1.61. The van der Waals surface area contributed by atoms with Crippen molar-refractivity contribution in [3.63, 3.8) is 0 Å². The zero-order chi connectivity index (χ0) is 17.9. The first-order valence-corrected chi connectivity index (χ1v) is 10.4. The van der Waals surface area contributed by atoms with Crippen molar-refractivity contribution in [2.24, 2.45) is 5.92 Å². The summed E-state index contributed by atoms with van der Waals surface area (Å²) >= 11 is 0. The predicted octanol–water partition coefficient (Wildman–Crippen LogP) is 2.48. The van der Waals surface area contributed by atoms with Gasteiger partial charge >= 0.3 is 0 Å². The maximum absolute atomic E-state index is 12.7. The Bertz CT molecular complexity index is 708. The first-order valence-electron chi connectivity index (χ1n) is 8.94. The van der Waals surface area contributed by atoms with Gasteiger partial charge in [-0.25, -0.2) is 8.42 Å². The molecule has 0 amide bonds. The molecule has 1 aliphatic carbocycles. The van der Waals surface area contributed by atoms with Gasteiger partial charge in [-0.1, -0.05) is 25.3 Å². The fourth-order valence-corrected chi connectivity index (χ4v) is 5.26. The molecule has 0 bridgehead atoms. The molecule has 1 saturated carbocycles. The van der Waals surface area contributed by atoms with Gasteiger partial charge in [-0.05, 0) is 24.8 Å². The standard InChI is InChI=1S/C17H25N3O4S/c21-20(22)16-7-4-8-17(13-16)25(23,24)19-11-9-18(10-12-19)14-15-5-2-1-3-6-15/h4,7-8,13,15H,1-3,5-6,9-12,14H2. The summed E-state index contributed by atoms with van der Waals surface area (Å²) in [5, 5.41) is 10.9. The number of rotatable bonds is 5. The Morgan fingerprint density at radius 1 is 1.08 bits per heavy atom. The summed E-state index contributed by atoms with van der Waals surface area (Å²) < 4.78 is 26.9. The van der Waals surface area contributed by atoms with Crippen LogP contribution >= 0.6 is 0 Å². The fraction of sp³-hybridized carbons (Fsp3) is 0.647.